The van der Waals surface area contributed by atoms with Crippen molar-refractivity contribution in [1.82, 2.24) is 25.1 Å². The lowest BCUT2D eigenvalue weighted by Crippen LogP contribution is -2.08. The van der Waals surface area contributed by atoms with Gasteiger partial charge in [0.25, 0.3) is 0 Å². The van der Waals surface area contributed by atoms with Crippen LogP contribution < -0.4 is 4.74 Å². The lowest BCUT2D eigenvalue weighted by Gasteiger charge is -1.98. The molecule has 0 amide bonds. The zero-order valence-corrected chi connectivity index (χ0v) is 11.9. The summed E-state index contributed by atoms with van der Waals surface area (Å²) in [5.74, 6) is 0.322. The highest BCUT2D eigenvalue weighted by Gasteiger charge is 2.13. The van der Waals surface area contributed by atoms with E-state index in [2.05, 4.69) is 25.1 Å². The fourth-order valence-corrected chi connectivity index (χ4v) is 2.20. The van der Waals surface area contributed by atoms with E-state index in [0.717, 1.165) is 11.0 Å². The number of hydrogen-bond acceptors (Lipinski definition) is 5. The number of rotatable bonds is 3. The third-order valence-corrected chi connectivity index (χ3v) is 3.31. The maximum Gasteiger partial charge on any atom is 0.345 e. The number of H-pyrrole nitrogens is 2. The average molecular weight is 305 g/mol. The summed E-state index contributed by atoms with van der Waals surface area (Å²) < 4.78 is 5.23. The van der Waals surface area contributed by atoms with Crippen LogP contribution in [-0.2, 0) is 0 Å². The number of esters is 1. The van der Waals surface area contributed by atoms with Crippen molar-refractivity contribution in [2.24, 2.45) is 0 Å². The van der Waals surface area contributed by atoms with Gasteiger partial charge in [0.2, 0.25) is 5.88 Å². The van der Waals surface area contributed by atoms with Crippen molar-refractivity contribution in [2.75, 3.05) is 0 Å². The summed E-state index contributed by atoms with van der Waals surface area (Å²) in [7, 11) is 0. The number of benzene rings is 1. The van der Waals surface area contributed by atoms with E-state index in [-0.39, 0.29) is 5.88 Å². The van der Waals surface area contributed by atoms with E-state index in [9.17, 15) is 4.79 Å². The molecule has 1 aromatic carbocycles. The summed E-state index contributed by atoms with van der Waals surface area (Å²) in [5, 5.41) is 6.79. The molecule has 0 radical (unpaired) electrons. The molecule has 7 heteroatoms. The van der Waals surface area contributed by atoms with E-state index in [1.54, 1.807) is 18.2 Å². The third-order valence-electron chi connectivity index (χ3n) is 3.31. The van der Waals surface area contributed by atoms with E-state index in [0.29, 0.717) is 17.1 Å². The van der Waals surface area contributed by atoms with Gasteiger partial charge in [-0.3, -0.25) is 10.1 Å². The summed E-state index contributed by atoms with van der Waals surface area (Å²) in [6.07, 6.45) is 3.06. The topological polar surface area (TPSA) is 96.5 Å². The molecule has 2 N–H and O–H groups in total. The van der Waals surface area contributed by atoms with Crippen molar-refractivity contribution in [1.29, 1.82) is 0 Å². The van der Waals surface area contributed by atoms with Gasteiger partial charge in [-0.05, 0) is 24.3 Å². The molecule has 4 rings (SSSR count). The van der Waals surface area contributed by atoms with Crippen LogP contribution in [0.4, 0.5) is 0 Å². The molecule has 0 atom stereocenters. The minimum atomic E-state index is -0.491. The Bertz CT molecular complexity index is 941. The molecule has 112 valence electrons. The van der Waals surface area contributed by atoms with Gasteiger partial charge in [0.15, 0.2) is 5.82 Å². The number of imidazole rings is 1. The molecule has 0 unspecified atom stereocenters. The Hall–Kier alpha value is -3.48. The molecular weight excluding hydrogens is 294 g/mol. The summed E-state index contributed by atoms with van der Waals surface area (Å²) in [6, 6.07) is 12.5. The summed E-state index contributed by atoms with van der Waals surface area (Å²) in [5.41, 5.74) is 2.83. The lowest BCUT2D eigenvalue weighted by atomic mass is 10.3. The number of hydrogen-bond donors (Lipinski definition) is 2. The minimum Gasteiger partial charge on any atom is -0.402 e. The molecule has 0 bridgehead atoms. The normalized spacial score (nSPS) is 10.8. The first-order valence-electron chi connectivity index (χ1n) is 6.92. The SMILES string of the molecule is O=C(Oc1cc(-c2nc3ccccc3[nH]2)[nH]n1)c1ccncc1. The van der Waals surface area contributed by atoms with E-state index in [1.165, 1.54) is 12.4 Å². The van der Waals surface area contributed by atoms with E-state index in [4.69, 9.17) is 4.74 Å². The van der Waals surface area contributed by atoms with Crippen molar-refractivity contribution in [3.05, 3.63) is 60.4 Å². The van der Waals surface area contributed by atoms with Gasteiger partial charge in [-0.1, -0.05) is 12.1 Å². The highest BCUT2D eigenvalue weighted by Crippen LogP contribution is 2.21. The van der Waals surface area contributed by atoms with Crippen molar-refractivity contribution in [3.8, 4) is 17.4 Å². The first kappa shape index (κ1) is 13.2. The maximum absolute atomic E-state index is 12.0. The summed E-state index contributed by atoms with van der Waals surface area (Å²) in [4.78, 5) is 23.5. The van der Waals surface area contributed by atoms with Gasteiger partial charge in [0, 0.05) is 18.5 Å². The Morgan fingerprint density at radius 3 is 2.74 bits per heavy atom. The van der Waals surface area contributed by atoms with E-state index in [1.807, 2.05) is 24.3 Å². The van der Waals surface area contributed by atoms with Gasteiger partial charge < -0.3 is 9.72 Å². The molecule has 0 fully saturated rings. The number of fused-ring (bicyclic) bond motifs is 1. The predicted octanol–water partition coefficient (Wildman–Crippen LogP) is 2.57. The molecule has 23 heavy (non-hydrogen) atoms. The standard InChI is InChI=1S/C16H11N5O2/c22-16(10-5-7-17-8-6-10)23-14-9-13(20-21-14)15-18-11-3-1-2-4-12(11)19-15/h1-9H,(H,18,19)(H,20,21). The van der Waals surface area contributed by atoms with Crippen LogP contribution in [0.15, 0.2) is 54.9 Å². The third kappa shape index (κ3) is 2.55. The van der Waals surface area contributed by atoms with Crippen LogP contribution in [0.2, 0.25) is 0 Å². The molecular formula is C16H11N5O2. The van der Waals surface area contributed by atoms with Crippen LogP contribution >= 0.6 is 0 Å². The minimum absolute atomic E-state index is 0.183. The second-order valence-electron chi connectivity index (χ2n) is 4.85. The number of para-hydroxylation sites is 2. The second kappa shape index (κ2) is 5.38. The molecule has 0 saturated heterocycles. The van der Waals surface area contributed by atoms with Crippen LogP contribution in [0.1, 0.15) is 10.4 Å². The van der Waals surface area contributed by atoms with Gasteiger partial charge in [-0.25, -0.2) is 9.78 Å². The quantitative estimate of drug-likeness (QED) is 0.567. The molecule has 0 aliphatic carbocycles. The highest BCUT2D eigenvalue weighted by atomic mass is 16.5. The van der Waals surface area contributed by atoms with Crippen molar-refractivity contribution >= 4 is 17.0 Å². The van der Waals surface area contributed by atoms with Crippen molar-refractivity contribution < 1.29 is 9.53 Å². The van der Waals surface area contributed by atoms with E-state index >= 15 is 0 Å². The number of pyridine rings is 1. The van der Waals surface area contributed by atoms with Gasteiger partial charge >= 0.3 is 5.97 Å². The Morgan fingerprint density at radius 2 is 1.91 bits per heavy atom. The fourth-order valence-electron chi connectivity index (χ4n) is 2.20. The maximum atomic E-state index is 12.0. The first-order valence-corrected chi connectivity index (χ1v) is 6.92. The molecule has 7 nitrogen and oxygen atoms in total. The van der Waals surface area contributed by atoms with Crippen LogP contribution in [0, 0.1) is 0 Å². The van der Waals surface area contributed by atoms with Crippen LogP contribution in [0.5, 0.6) is 5.88 Å². The molecule has 4 aromatic rings. The summed E-state index contributed by atoms with van der Waals surface area (Å²) in [6.45, 7) is 0. The number of nitrogens with one attached hydrogen (secondary N) is 2. The van der Waals surface area contributed by atoms with Gasteiger partial charge in [0.1, 0.15) is 5.69 Å². The Labute approximate surface area is 130 Å². The van der Waals surface area contributed by atoms with Gasteiger partial charge in [0.05, 0.1) is 16.6 Å². The van der Waals surface area contributed by atoms with Crippen LogP contribution in [0.3, 0.4) is 0 Å². The summed E-state index contributed by atoms with van der Waals surface area (Å²) >= 11 is 0. The zero-order valence-electron chi connectivity index (χ0n) is 11.9. The number of nitrogens with zero attached hydrogens (tertiary/aromatic N) is 3. The number of ether oxygens (including phenoxy) is 1. The Morgan fingerprint density at radius 1 is 1.09 bits per heavy atom. The lowest BCUT2D eigenvalue weighted by molar-refractivity contribution is 0.0727. The number of aromatic amines is 2. The molecule has 3 heterocycles. The molecule has 0 saturated carbocycles. The molecule has 0 spiro atoms. The van der Waals surface area contributed by atoms with Gasteiger partial charge in [-0.15, -0.1) is 5.10 Å². The van der Waals surface area contributed by atoms with Gasteiger partial charge in [-0.2, -0.15) is 0 Å². The smallest absolute Gasteiger partial charge is 0.345 e. The van der Waals surface area contributed by atoms with Crippen molar-refractivity contribution in [2.45, 2.75) is 0 Å². The highest BCUT2D eigenvalue weighted by molar-refractivity contribution is 5.90. The van der Waals surface area contributed by atoms with Crippen LogP contribution in [0.25, 0.3) is 22.6 Å². The largest absolute Gasteiger partial charge is 0.402 e. The van der Waals surface area contributed by atoms with Crippen molar-refractivity contribution in [3.63, 3.8) is 0 Å². The zero-order chi connectivity index (χ0) is 15.6. The average Bonchev–Trinajstić information content (AvgIpc) is 3.21. The predicted molar refractivity (Wildman–Crippen MR) is 82.9 cm³/mol. The Balaban J connectivity index is 1.58. The number of aromatic nitrogens is 5. The molecule has 3 aromatic heterocycles. The second-order valence-corrected chi connectivity index (χ2v) is 4.85. The van der Waals surface area contributed by atoms with E-state index < -0.39 is 5.97 Å². The molecule has 0 aliphatic rings. The number of carbonyl (C=O) groups excluding carboxylic acids is 1. The first-order chi connectivity index (χ1) is 11.3. The Kier molecular flexibility index (Phi) is 3.09. The number of carbonyl (C=O) groups is 1. The monoisotopic (exact) mass is 305 g/mol. The van der Waals surface area contributed by atoms with Crippen LogP contribution in [-0.4, -0.2) is 31.1 Å². The fraction of sp³-hybridized carbons (Fsp3) is 0. The molecule has 0 aliphatic heterocycles.